The van der Waals surface area contributed by atoms with Gasteiger partial charge in [0, 0.05) is 32.1 Å². The molecule has 1 aliphatic carbocycles. The third-order valence-electron chi connectivity index (χ3n) is 5.77. The zero-order valence-corrected chi connectivity index (χ0v) is 17.8. The first-order chi connectivity index (χ1) is 13.9. The van der Waals surface area contributed by atoms with Gasteiger partial charge in [0.05, 0.1) is 25.4 Å². The number of esters is 2. The summed E-state index contributed by atoms with van der Waals surface area (Å²) in [7, 11) is 1.41. The van der Waals surface area contributed by atoms with Gasteiger partial charge < -0.3 is 19.3 Å². The predicted octanol–water partition coefficient (Wildman–Crippen LogP) is 3.17. The highest BCUT2D eigenvalue weighted by molar-refractivity contribution is 5.69. The lowest BCUT2D eigenvalue weighted by atomic mass is 9.88. The Morgan fingerprint density at radius 1 is 1.31 bits per heavy atom. The molecule has 2 fully saturated rings. The van der Waals surface area contributed by atoms with Crippen molar-refractivity contribution in [2.45, 2.75) is 89.6 Å². The summed E-state index contributed by atoms with van der Waals surface area (Å²) >= 11 is 0. The van der Waals surface area contributed by atoms with Crippen molar-refractivity contribution in [3.05, 3.63) is 12.2 Å². The Morgan fingerprint density at radius 3 is 2.79 bits per heavy atom. The van der Waals surface area contributed by atoms with Crippen molar-refractivity contribution >= 4 is 11.9 Å². The summed E-state index contributed by atoms with van der Waals surface area (Å²) in [5, 5.41) is 10.2. The van der Waals surface area contributed by atoms with Crippen molar-refractivity contribution in [1.82, 2.24) is 0 Å². The van der Waals surface area contributed by atoms with Crippen molar-refractivity contribution in [2.75, 3.05) is 7.11 Å². The summed E-state index contributed by atoms with van der Waals surface area (Å²) in [5.41, 5.74) is 0. The average Bonchev–Trinajstić information content (AvgIpc) is 3.20. The molecule has 0 spiro atoms. The number of unbranched alkanes of at least 4 members (excludes halogenated alkanes) is 1. The fourth-order valence-electron chi connectivity index (χ4n) is 4.39. The Labute approximate surface area is 174 Å². The molecular formula is C23H34O6. The van der Waals surface area contributed by atoms with Gasteiger partial charge in [-0.15, -0.1) is 11.8 Å². The maximum Gasteiger partial charge on any atom is 0.305 e. The van der Waals surface area contributed by atoms with Crippen LogP contribution in [0.4, 0.5) is 0 Å². The predicted molar refractivity (Wildman–Crippen MR) is 109 cm³/mol. The molecule has 0 unspecified atom stereocenters. The van der Waals surface area contributed by atoms with E-state index in [0.717, 1.165) is 25.7 Å². The van der Waals surface area contributed by atoms with Gasteiger partial charge in [0.2, 0.25) is 0 Å². The topological polar surface area (TPSA) is 82.1 Å². The van der Waals surface area contributed by atoms with Crippen LogP contribution in [0.1, 0.15) is 65.2 Å². The fourth-order valence-corrected chi connectivity index (χ4v) is 4.39. The second-order valence-corrected chi connectivity index (χ2v) is 7.90. The van der Waals surface area contributed by atoms with Crippen LogP contribution in [-0.4, -0.2) is 48.6 Å². The summed E-state index contributed by atoms with van der Waals surface area (Å²) in [5.74, 6) is 5.66. The molecule has 6 nitrogen and oxygen atoms in total. The quantitative estimate of drug-likeness (QED) is 0.260. The highest BCUT2D eigenvalue weighted by atomic mass is 16.6. The van der Waals surface area contributed by atoms with Crippen LogP contribution in [0.25, 0.3) is 0 Å². The molecule has 6 heteroatoms. The third kappa shape index (κ3) is 7.49. The van der Waals surface area contributed by atoms with E-state index < -0.39 is 6.10 Å². The van der Waals surface area contributed by atoms with E-state index in [9.17, 15) is 14.7 Å². The molecule has 0 amide bonds. The summed E-state index contributed by atoms with van der Waals surface area (Å²) < 4.78 is 16.4. The highest BCUT2D eigenvalue weighted by Crippen LogP contribution is 2.46. The van der Waals surface area contributed by atoms with Crippen molar-refractivity contribution in [1.29, 1.82) is 0 Å². The van der Waals surface area contributed by atoms with E-state index in [4.69, 9.17) is 9.47 Å². The molecule has 0 bridgehead atoms. The van der Waals surface area contributed by atoms with Gasteiger partial charge in [0.1, 0.15) is 6.10 Å². The Bertz CT molecular complexity index is 631. The number of hydrogen-bond donors (Lipinski definition) is 1. The van der Waals surface area contributed by atoms with E-state index in [1.807, 2.05) is 12.2 Å². The molecule has 6 atom stereocenters. The molecule has 0 aromatic carbocycles. The monoisotopic (exact) mass is 406 g/mol. The molecule has 1 N–H and O–H groups in total. The molecule has 29 heavy (non-hydrogen) atoms. The molecule has 0 aromatic heterocycles. The molecule has 1 aliphatic heterocycles. The highest BCUT2D eigenvalue weighted by Gasteiger charge is 2.49. The largest absolute Gasteiger partial charge is 0.469 e. The van der Waals surface area contributed by atoms with Crippen LogP contribution in [0.5, 0.6) is 0 Å². The van der Waals surface area contributed by atoms with Gasteiger partial charge in [0.25, 0.3) is 0 Å². The van der Waals surface area contributed by atoms with Crippen LogP contribution in [0.3, 0.4) is 0 Å². The Balaban J connectivity index is 1.89. The first-order valence-corrected chi connectivity index (χ1v) is 10.6. The Kier molecular flexibility index (Phi) is 9.69. The van der Waals surface area contributed by atoms with Gasteiger partial charge >= 0.3 is 11.9 Å². The molecule has 1 saturated carbocycles. The normalized spacial score (nSPS) is 29.2. The molecule has 0 aromatic rings. The number of carbonyl (C=O) groups excluding carboxylic acids is 2. The zero-order valence-electron chi connectivity index (χ0n) is 17.8. The minimum absolute atomic E-state index is 0.0517. The van der Waals surface area contributed by atoms with Gasteiger partial charge in [0.15, 0.2) is 0 Å². The van der Waals surface area contributed by atoms with Crippen molar-refractivity contribution < 1.29 is 28.9 Å². The maximum atomic E-state index is 11.5. The fraction of sp³-hybridized carbons (Fsp3) is 0.739. The number of ether oxygens (including phenoxy) is 3. The minimum Gasteiger partial charge on any atom is -0.469 e. The average molecular weight is 407 g/mol. The van der Waals surface area contributed by atoms with E-state index in [0.29, 0.717) is 25.7 Å². The molecular weight excluding hydrogens is 372 g/mol. The number of carbonyl (C=O) groups is 2. The van der Waals surface area contributed by atoms with Crippen LogP contribution in [-0.2, 0) is 23.8 Å². The number of hydrogen-bond acceptors (Lipinski definition) is 6. The Morgan fingerprint density at radius 2 is 2.10 bits per heavy atom. The van der Waals surface area contributed by atoms with Gasteiger partial charge in [-0.2, -0.15) is 0 Å². The molecule has 1 heterocycles. The van der Waals surface area contributed by atoms with Gasteiger partial charge in [-0.1, -0.05) is 18.6 Å². The number of methoxy groups -OCH3 is 1. The second-order valence-electron chi connectivity index (χ2n) is 7.90. The van der Waals surface area contributed by atoms with E-state index in [2.05, 4.69) is 16.6 Å². The smallest absolute Gasteiger partial charge is 0.305 e. The van der Waals surface area contributed by atoms with Crippen molar-refractivity contribution in [2.24, 2.45) is 11.8 Å². The van der Waals surface area contributed by atoms with Gasteiger partial charge in [-0.3, -0.25) is 9.59 Å². The number of aliphatic hydroxyl groups is 1. The van der Waals surface area contributed by atoms with Crippen molar-refractivity contribution in [3.8, 4) is 11.8 Å². The van der Waals surface area contributed by atoms with E-state index in [1.54, 1.807) is 6.92 Å². The lowest BCUT2D eigenvalue weighted by Gasteiger charge is -2.21. The van der Waals surface area contributed by atoms with Crippen LogP contribution in [0.15, 0.2) is 12.2 Å². The zero-order chi connectivity index (χ0) is 21.2. The minimum atomic E-state index is -0.552. The van der Waals surface area contributed by atoms with Crippen molar-refractivity contribution in [3.63, 3.8) is 0 Å². The standard InChI is InChI=1S/C23H34O6/c1-4-5-6-9-17(25)12-13-19-20-14-18(10-7-8-11-23(26)27-3)29-22(20)15-21(19)28-16(2)24/h12-13,17-22,25H,6-11,14-15H2,1-3H3/b13-12+/t17-,18+,19+,20+,21+,22-/m0/s1. The SMILES string of the molecule is CC#CCC[C@H](O)/C=C/[C@@H]1[C@H]2C[C@@H](CCCCC(=O)OC)O[C@H]2C[C@H]1OC(C)=O. The third-order valence-corrected chi connectivity index (χ3v) is 5.77. The van der Waals surface area contributed by atoms with E-state index in [-0.39, 0.29) is 42.1 Å². The summed E-state index contributed by atoms with van der Waals surface area (Å²) in [6.07, 6.45) is 9.22. The first kappa shape index (κ1) is 23.4. The summed E-state index contributed by atoms with van der Waals surface area (Å²) in [6.45, 7) is 3.22. The number of fused-ring (bicyclic) bond motifs is 1. The molecule has 1 saturated heterocycles. The first-order valence-electron chi connectivity index (χ1n) is 10.6. The lowest BCUT2D eigenvalue weighted by molar-refractivity contribution is -0.148. The van der Waals surface area contributed by atoms with Crippen LogP contribution >= 0.6 is 0 Å². The summed E-state index contributed by atoms with van der Waals surface area (Å²) in [4.78, 5) is 22.7. The van der Waals surface area contributed by atoms with Crippen LogP contribution < -0.4 is 0 Å². The van der Waals surface area contributed by atoms with Crippen LogP contribution in [0, 0.1) is 23.7 Å². The number of rotatable bonds is 10. The van der Waals surface area contributed by atoms with E-state index >= 15 is 0 Å². The van der Waals surface area contributed by atoms with E-state index in [1.165, 1.54) is 14.0 Å². The number of aliphatic hydroxyl groups excluding tert-OH is 1. The van der Waals surface area contributed by atoms with Crippen LogP contribution in [0.2, 0.25) is 0 Å². The molecule has 0 radical (unpaired) electrons. The molecule has 2 rings (SSSR count). The van der Waals surface area contributed by atoms with Gasteiger partial charge in [-0.05, 0) is 38.5 Å². The molecule has 2 aliphatic rings. The second kappa shape index (κ2) is 12.0. The Hall–Kier alpha value is -1.84. The maximum absolute atomic E-state index is 11.5. The lowest BCUT2D eigenvalue weighted by Crippen LogP contribution is -2.24. The van der Waals surface area contributed by atoms with Gasteiger partial charge in [-0.25, -0.2) is 0 Å². The summed E-state index contributed by atoms with van der Waals surface area (Å²) in [6, 6.07) is 0. The molecule has 162 valence electrons.